The summed E-state index contributed by atoms with van der Waals surface area (Å²) in [5.41, 5.74) is 2.40. The molecule has 0 saturated carbocycles. The quantitative estimate of drug-likeness (QED) is 0.225. The summed E-state index contributed by atoms with van der Waals surface area (Å²) >= 11 is 0. The highest BCUT2D eigenvalue weighted by molar-refractivity contribution is 5.88. The Bertz CT molecular complexity index is 1930. The summed E-state index contributed by atoms with van der Waals surface area (Å²) in [5.74, 6) is -0.880. The summed E-state index contributed by atoms with van der Waals surface area (Å²) < 4.78 is 25.3. The van der Waals surface area contributed by atoms with Gasteiger partial charge >= 0.3 is 5.79 Å². The Balaban J connectivity index is 1.36. The number of hydrogen-bond donors (Lipinski definition) is 2. The third-order valence-electron chi connectivity index (χ3n) is 7.16. The van der Waals surface area contributed by atoms with Crippen LogP contribution < -0.4 is 19.6 Å². The summed E-state index contributed by atoms with van der Waals surface area (Å²) in [5, 5.41) is 20.5. The summed E-state index contributed by atoms with van der Waals surface area (Å²) in [6.45, 7) is 0.0959. The highest BCUT2D eigenvalue weighted by atomic mass is 16.7. The van der Waals surface area contributed by atoms with Crippen molar-refractivity contribution in [2.24, 2.45) is 0 Å². The van der Waals surface area contributed by atoms with E-state index in [1.807, 2.05) is 91.0 Å². The maximum atomic E-state index is 13.7. The largest absolute Gasteiger partial charge is 0.508 e. The Labute approximate surface area is 240 Å². The van der Waals surface area contributed by atoms with Gasteiger partial charge in [-0.05, 0) is 23.8 Å². The third kappa shape index (κ3) is 4.28. The van der Waals surface area contributed by atoms with Gasteiger partial charge in [0.05, 0.1) is 0 Å². The van der Waals surface area contributed by atoms with Gasteiger partial charge in [0, 0.05) is 28.8 Å². The highest BCUT2D eigenvalue weighted by Crippen LogP contribution is 2.49. The van der Waals surface area contributed by atoms with Crippen molar-refractivity contribution in [2.45, 2.75) is 12.4 Å². The first-order chi connectivity index (χ1) is 20.5. The lowest BCUT2D eigenvalue weighted by atomic mass is 9.97. The Hall–Kier alpha value is -5.69. The van der Waals surface area contributed by atoms with Crippen LogP contribution in [0.15, 0.2) is 131 Å². The molecule has 7 nitrogen and oxygen atoms in total. The molecule has 0 saturated heterocycles. The van der Waals surface area contributed by atoms with Crippen molar-refractivity contribution < 1.29 is 28.8 Å². The molecular weight excluding hydrogens is 532 g/mol. The maximum absolute atomic E-state index is 13.7. The minimum Gasteiger partial charge on any atom is -0.508 e. The maximum Gasteiger partial charge on any atom is 0.305 e. The number of fused-ring (bicyclic) bond motifs is 2. The van der Waals surface area contributed by atoms with Crippen molar-refractivity contribution in [3.8, 4) is 40.1 Å². The molecule has 0 atom stereocenters. The summed E-state index contributed by atoms with van der Waals surface area (Å²) in [6, 6.07) is 36.3. The molecule has 42 heavy (non-hydrogen) atoms. The van der Waals surface area contributed by atoms with Crippen molar-refractivity contribution in [2.75, 3.05) is 0 Å². The van der Waals surface area contributed by atoms with Gasteiger partial charge in [0.15, 0.2) is 17.3 Å². The minimum atomic E-state index is -1.22. The zero-order valence-corrected chi connectivity index (χ0v) is 22.2. The molecule has 0 radical (unpaired) electrons. The predicted octanol–water partition coefficient (Wildman–Crippen LogP) is 7.12. The van der Waals surface area contributed by atoms with Crippen LogP contribution in [0.1, 0.15) is 16.7 Å². The van der Waals surface area contributed by atoms with Gasteiger partial charge in [-0.1, -0.05) is 91.0 Å². The summed E-state index contributed by atoms with van der Waals surface area (Å²) in [7, 11) is 0. The molecule has 2 heterocycles. The minimum absolute atomic E-state index is 0.0140. The number of benzene rings is 5. The van der Waals surface area contributed by atoms with Gasteiger partial charge in [-0.2, -0.15) is 0 Å². The van der Waals surface area contributed by atoms with Gasteiger partial charge in [-0.3, -0.25) is 4.79 Å². The van der Waals surface area contributed by atoms with Gasteiger partial charge in [0.2, 0.25) is 11.2 Å². The van der Waals surface area contributed by atoms with Crippen molar-refractivity contribution in [1.29, 1.82) is 0 Å². The third-order valence-corrected chi connectivity index (χ3v) is 7.16. The summed E-state index contributed by atoms with van der Waals surface area (Å²) in [4.78, 5) is 13.7. The van der Waals surface area contributed by atoms with E-state index in [4.69, 9.17) is 18.6 Å². The summed E-state index contributed by atoms with van der Waals surface area (Å²) in [6.07, 6.45) is 0. The first-order valence-electron chi connectivity index (χ1n) is 13.3. The fourth-order valence-electron chi connectivity index (χ4n) is 5.18. The zero-order chi connectivity index (χ0) is 28.7. The van der Waals surface area contributed by atoms with Gasteiger partial charge in [0.25, 0.3) is 0 Å². The Morgan fingerprint density at radius 1 is 0.690 bits per heavy atom. The normalized spacial score (nSPS) is 13.2. The molecular formula is C35H24O7. The standard InChI is InChI=1S/C35H24O7/c36-26-19-27(37)31-30(20-26)40-33(34(32(31)38)39-21-22-10-4-1-5-11-22)23-16-17-28-29(18-23)42-35(41-28,24-12-6-2-7-13-24)25-14-8-3-9-15-25/h1-20,36-37H,21H2. The molecule has 0 bridgehead atoms. The van der Waals surface area contributed by atoms with E-state index in [1.165, 1.54) is 6.07 Å². The second-order valence-corrected chi connectivity index (χ2v) is 9.92. The van der Waals surface area contributed by atoms with Gasteiger partial charge in [-0.15, -0.1) is 0 Å². The average Bonchev–Trinajstić information content (AvgIpc) is 3.42. The monoisotopic (exact) mass is 556 g/mol. The second kappa shape index (κ2) is 10.1. The van der Waals surface area contributed by atoms with Gasteiger partial charge < -0.3 is 28.8 Å². The fourth-order valence-corrected chi connectivity index (χ4v) is 5.18. The molecule has 1 aromatic heterocycles. The lowest BCUT2D eigenvalue weighted by molar-refractivity contribution is -0.0459. The van der Waals surface area contributed by atoms with Gasteiger partial charge in [0.1, 0.15) is 29.1 Å². The van der Waals surface area contributed by atoms with Crippen molar-refractivity contribution in [3.63, 3.8) is 0 Å². The molecule has 6 aromatic rings. The van der Waals surface area contributed by atoms with E-state index in [0.29, 0.717) is 17.1 Å². The van der Waals surface area contributed by atoms with E-state index in [9.17, 15) is 15.0 Å². The molecule has 0 amide bonds. The van der Waals surface area contributed by atoms with Crippen LogP contribution in [-0.2, 0) is 12.4 Å². The smallest absolute Gasteiger partial charge is 0.305 e. The van der Waals surface area contributed by atoms with E-state index in [-0.39, 0.29) is 34.8 Å². The predicted molar refractivity (Wildman–Crippen MR) is 157 cm³/mol. The van der Waals surface area contributed by atoms with Crippen LogP contribution >= 0.6 is 0 Å². The number of phenolic OH excluding ortho intramolecular Hbond substituents is 2. The number of hydrogen-bond acceptors (Lipinski definition) is 7. The van der Waals surface area contributed by atoms with Crippen LogP contribution in [0.2, 0.25) is 0 Å². The molecule has 1 aliphatic heterocycles. The average molecular weight is 557 g/mol. The molecule has 0 spiro atoms. The Kier molecular flexibility index (Phi) is 6.05. The van der Waals surface area contributed by atoms with E-state index in [1.54, 1.807) is 18.2 Å². The van der Waals surface area contributed by atoms with Crippen LogP contribution in [0.5, 0.6) is 28.7 Å². The topological polar surface area (TPSA) is 98.4 Å². The lowest BCUT2D eigenvalue weighted by Crippen LogP contribution is -2.36. The number of phenols is 2. The van der Waals surface area contributed by atoms with E-state index in [2.05, 4.69) is 0 Å². The highest BCUT2D eigenvalue weighted by Gasteiger charge is 2.45. The SMILES string of the molecule is O=c1c(OCc2ccccc2)c(-c2ccc3c(c2)OC(c2ccccc2)(c2ccccc2)O3)oc2cc(O)cc(O)c12. The number of ether oxygens (including phenoxy) is 3. The molecule has 0 aliphatic carbocycles. The van der Waals surface area contributed by atoms with Crippen molar-refractivity contribution in [3.05, 3.63) is 148 Å². The first-order valence-corrected chi connectivity index (χ1v) is 13.3. The van der Waals surface area contributed by atoms with Crippen molar-refractivity contribution >= 4 is 11.0 Å². The molecule has 7 rings (SSSR count). The van der Waals surface area contributed by atoms with Crippen molar-refractivity contribution in [1.82, 2.24) is 0 Å². The van der Waals surface area contributed by atoms with Crippen LogP contribution in [0.4, 0.5) is 0 Å². The van der Waals surface area contributed by atoms with Crippen LogP contribution in [0.3, 0.4) is 0 Å². The van der Waals surface area contributed by atoms with E-state index in [0.717, 1.165) is 22.8 Å². The van der Waals surface area contributed by atoms with E-state index < -0.39 is 17.0 Å². The number of rotatable bonds is 6. The van der Waals surface area contributed by atoms with Crippen LogP contribution in [0.25, 0.3) is 22.3 Å². The molecule has 7 heteroatoms. The van der Waals surface area contributed by atoms with Gasteiger partial charge in [-0.25, -0.2) is 0 Å². The fraction of sp³-hybridized carbons (Fsp3) is 0.0571. The Morgan fingerprint density at radius 3 is 1.98 bits per heavy atom. The molecule has 2 N–H and O–H groups in total. The molecule has 1 aliphatic rings. The van der Waals surface area contributed by atoms with E-state index >= 15 is 0 Å². The first kappa shape index (κ1) is 25.3. The Morgan fingerprint density at radius 2 is 1.31 bits per heavy atom. The second-order valence-electron chi connectivity index (χ2n) is 9.92. The molecule has 0 unspecified atom stereocenters. The van der Waals surface area contributed by atoms with Crippen LogP contribution in [-0.4, -0.2) is 10.2 Å². The molecule has 0 fully saturated rings. The molecule has 5 aromatic carbocycles. The number of aromatic hydroxyl groups is 2. The lowest BCUT2D eigenvalue weighted by Gasteiger charge is -2.28. The van der Waals surface area contributed by atoms with Crippen LogP contribution in [0, 0.1) is 0 Å². The molecule has 206 valence electrons. The zero-order valence-electron chi connectivity index (χ0n) is 22.2.